The molecule has 3 heterocycles. The van der Waals surface area contributed by atoms with Crippen molar-refractivity contribution < 1.29 is 9.90 Å². The van der Waals surface area contributed by atoms with Crippen molar-refractivity contribution in [3.63, 3.8) is 0 Å². The number of imidazole rings is 1. The highest BCUT2D eigenvalue weighted by Crippen LogP contribution is 2.27. The third-order valence-electron chi connectivity index (χ3n) is 4.55. The molecule has 0 unspecified atom stereocenters. The lowest BCUT2D eigenvalue weighted by Gasteiger charge is -2.36. The molecule has 7 heteroatoms. The zero-order valence-corrected chi connectivity index (χ0v) is 14.2. The predicted molar refractivity (Wildman–Crippen MR) is 97.6 cm³/mol. The molecule has 0 atom stereocenters. The average Bonchev–Trinajstić information content (AvgIpc) is 3.23. The van der Waals surface area contributed by atoms with Crippen LogP contribution in [0.4, 0.5) is 5.69 Å². The monoisotopic (exact) mass is 349 g/mol. The van der Waals surface area contributed by atoms with E-state index in [4.69, 9.17) is 0 Å². The molecule has 0 radical (unpaired) electrons. The minimum atomic E-state index is -0.0217. The van der Waals surface area contributed by atoms with Crippen molar-refractivity contribution in [3.8, 4) is 11.6 Å². The second kappa shape index (κ2) is 6.87. The summed E-state index contributed by atoms with van der Waals surface area (Å²) in [6.45, 7) is 2.58. The van der Waals surface area contributed by atoms with E-state index < -0.39 is 0 Å². The molecular weight excluding hydrogens is 330 g/mol. The van der Waals surface area contributed by atoms with Gasteiger partial charge in [0.25, 0.3) is 5.91 Å². The summed E-state index contributed by atoms with van der Waals surface area (Å²) in [5.74, 6) is 0.974. The molecule has 0 bridgehead atoms. The van der Waals surface area contributed by atoms with Crippen LogP contribution in [0.5, 0.6) is 5.75 Å². The maximum atomic E-state index is 12.7. The summed E-state index contributed by atoms with van der Waals surface area (Å²) in [5, 5.41) is 9.98. The summed E-state index contributed by atoms with van der Waals surface area (Å²) in [5.41, 5.74) is 1.39. The average molecular weight is 349 g/mol. The number of anilines is 1. The summed E-state index contributed by atoms with van der Waals surface area (Å²) in [4.78, 5) is 25.0. The molecule has 1 fully saturated rings. The highest BCUT2D eigenvalue weighted by atomic mass is 16.3. The number of piperazine rings is 1. The number of para-hydroxylation sites is 2. The quantitative estimate of drug-likeness (QED) is 0.782. The lowest BCUT2D eigenvalue weighted by atomic mass is 10.2. The third-order valence-corrected chi connectivity index (χ3v) is 4.55. The van der Waals surface area contributed by atoms with Crippen LogP contribution in [-0.4, -0.2) is 56.6 Å². The largest absolute Gasteiger partial charge is 0.506 e. The maximum Gasteiger partial charge on any atom is 0.255 e. The molecular formula is C19H19N5O2. The van der Waals surface area contributed by atoms with Crippen molar-refractivity contribution in [2.75, 3.05) is 31.1 Å². The van der Waals surface area contributed by atoms with Crippen molar-refractivity contribution in [2.24, 2.45) is 0 Å². The number of carbonyl (C=O) groups excluding carboxylic acids is 1. The van der Waals surface area contributed by atoms with E-state index in [0.29, 0.717) is 31.7 Å². The maximum absolute atomic E-state index is 12.7. The van der Waals surface area contributed by atoms with Gasteiger partial charge in [-0.25, -0.2) is 9.97 Å². The number of phenols is 1. The molecule has 1 aliphatic heterocycles. The third kappa shape index (κ3) is 3.11. The van der Waals surface area contributed by atoms with Crippen molar-refractivity contribution in [3.05, 3.63) is 66.9 Å². The van der Waals surface area contributed by atoms with Crippen molar-refractivity contribution in [2.45, 2.75) is 0 Å². The van der Waals surface area contributed by atoms with E-state index in [1.54, 1.807) is 41.5 Å². The Hall–Kier alpha value is -3.35. The van der Waals surface area contributed by atoms with Gasteiger partial charge in [-0.3, -0.25) is 9.36 Å². The van der Waals surface area contributed by atoms with Crippen LogP contribution >= 0.6 is 0 Å². The standard InChI is InChI=1S/C19H19N5O2/c25-17-4-2-1-3-16(17)22-9-11-23(12-10-22)19(26)15-5-6-18(21-13-15)24-8-7-20-14-24/h1-8,13-14,25H,9-12H2. The Kier molecular flexibility index (Phi) is 4.27. The van der Waals surface area contributed by atoms with E-state index in [0.717, 1.165) is 11.5 Å². The first kappa shape index (κ1) is 16.1. The molecule has 1 aliphatic rings. The summed E-state index contributed by atoms with van der Waals surface area (Å²) in [7, 11) is 0. The lowest BCUT2D eigenvalue weighted by Crippen LogP contribution is -2.48. The van der Waals surface area contributed by atoms with Crippen LogP contribution in [0.25, 0.3) is 5.82 Å². The first-order chi connectivity index (χ1) is 12.7. The fourth-order valence-corrected chi connectivity index (χ4v) is 3.12. The summed E-state index contributed by atoms with van der Waals surface area (Å²) in [6, 6.07) is 10.9. The van der Waals surface area contributed by atoms with Gasteiger partial charge < -0.3 is 14.9 Å². The lowest BCUT2D eigenvalue weighted by molar-refractivity contribution is 0.0746. The van der Waals surface area contributed by atoms with Crippen molar-refractivity contribution >= 4 is 11.6 Å². The number of rotatable bonds is 3. The fraction of sp³-hybridized carbons (Fsp3) is 0.211. The SMILES string of the molecule is O=C(c1ccc(-n2ccnc2)nc1)N1CCN(c2ccccc2O)CC1. The van der Waals surface area contributed by atoms with Gasteiger partial charge in [0.2, 0.25) is 0 Å². The van der Waals surface area contributed by atoms with E-state index >= 15 is 0 Å². The summed E-state index contributed by atoms with van der Waals surface area (Å²) in [6.07, 6.45) is 6.77. The number of aromatic hydroxyl groups is 1. The minimum absolute atomic E-state index is 0.0217. The van der Waals surface area contributed by atoms with E-state index in [-0.39, 0.29) is 11.7 Å². The first-order valence-corrected chi connectivity index (χ1v) is 8.49. The molecule has 0 spiro atoms. The zero-order valence-electron chi connectivity index (χ0n) is 14.2. The number of nitrogens with zero attached hydrogens (tertiary/aromatic N) is 5. The van der Waals surface area contributed by atoms with Gasteiger partial charge in [0, 0.05) is 44.8 Å². The topological polar surface area (TPSA) is 74.5 Å². The van der Waals surface area contributed by atoms with Crippen LogP contribution in [-0.2, 0) is 0 Å². The van der Waals surface area contributed by atoms with E-state index in [2.05, 4.69) is 14.9 Å². The van der Waals surface area contributed by atoms with Gasteiger partial charge in [0.05, 0.1) is 11.3 Å². The first-order valence-electron chi connectivity index (χ1n) is 8.49. The van der Waals surface area contributed by atoms with Gasteiger partial charge in [-0.1, -0.05) is 12.1 Å². The Morgan fingerprint density at radius 3 is 2.50 bits per heavy atom. The van der Waals surface area contributed by atoms with Gasteiger partial charge in [-0.15, -0.1) is 0 Å². The molecule has 2 aromatic heterocycles. The van der Waals surface area contributed by atoms with Crippen molar-refractivity contribution in [1.82, 2.24) is 19.4 Å². The Balaban J connectivity index is 1.41. The molecule has 7 nitrogen and oxygen atoms in total. The second-order valence-electron chi connectivity index (χ2n) is 6.14. The molecule has 1 aromatic carbocycles. The molecule has 132 valence electrons. The van der Waals surface area contributed by atoms with Crippen LogP contribution in [0, 0.1) is 0 Å². The predicted octanol–water partition coefficient (Wildman–Crippen LogP) is 1.94. The molecule has 1 saturated heterocycles. The molecule has 0 saturated carbocycles. The van der Waals surface area contributed by atoms with E-state index in [1.807, 2.05) is 29.3 Å². The van der Waals surface area contributed by atoms with Gasteiger partial charge in [0.15, 0.2) is 0 Å². The van der Waals surface area contributed by atoms with Crippen LogP contribution in [0.15, 0.2) is 61.3 Å². The van der Waals surface area contributed by atoms with Crippen LogP contribution < -0.4 is 4.90 Å². The fourth-order valence-electron chi connectivity index (χ4n) is 3.12. The smallest absolute Gasteiger partial charge is 0.255 e. The number of amides is 1. The van der Waals surface area contributed by atoms with Crippen LogP contribution in [0.1, 0.15) is 10.4 Å². The second-order valence-corrected chi connectivity index (χ2v) is 6.14. The molecule has 26 heavy (non-hydrogen) atoms. The Labute approximate surface area is 151 Å². The Morgan fingerprint density at radius 1 is 1.04 bits per heavy atom. The number of aromatic nitrogens is 3. The zero-order chi connectivity index (χ0) is 17.9. The van der Waals surface area contributed by atoms with Crippen LogP contribution in [0.3, 0.4) is 0 Å². The Bertz CT molecular complexity index is 885. The molecule has 3 aromatic rings. The number of carbonyl (C=O) groups is 1. The highest BCUT2D eigenvalue weighted by molar-refractivity contribution is 5.94. The summed E-state index contributed by atoms with van der Waals surface area (Å²) < 4.78 is 1.79. The van der Waals surface area contributed by atoms with E-state index in [1.165, 1.54) is 0 Å². The minimum Gasteiger partial charge on any atom is -0.506 e. The van der Waals surface area contributed by atoms with Crippen molar-refractivity contribution in [1.29, 1.82) is 0 Å². The van der Waals surface area contributed by atoms with Crippen LogP contribution in [0.2, 0.25) is 0 Å². The molecule has 1 amide bonds. The van der Waals surface area contributed by atoms with Gasteiger partial charge in [-0.2, -0.15) is 0 Å². The normalized spacial score (nSPS) is 14.5. The number of hydrogen-bond donors (Lipinski definition) is 1. The number of phenolic OH excluding ortho intramolecular Hbond substituents is 1. The highest BCUT2D eigenvalue weighted by Gasteiger charge is 2.23. The molecule has 4 rings (SSSR count). The van der Waals surface area contributed by atoms with E-state index in [9.17, 15) is 9.90 Å². The van der Waals surface area contributed by atoms with Gasteiger partial charge >= 0.3 is 0 Å². The number of benzene rings is 1. The van der Waals surface area contributed by atoms with Gasteiger partial charge in [-0.05, 0) is 24.3 Å². The summed E-state index contributed by atoms with van der Waals surface area (Å²) >= 11 is 0. The molecule has 0 aliphatic carbocycles. The van der Waals surface area contributed by atoms with Gasteiger partial charge in [0.1, 0.15) is 17.9 Å². The Morgan fingerprint density at radius 2 is 1.85 bits per heavy atom. The number of pyridine rings is 1. The number of hydrogen-bond acceptors (Lipinski definition) is 5. The molecule has 1 N–H and O–H groups in total.